The molecular weight excluding hydrogens is 146 g/mol. The van der Waals surface area contributed by atoms with Gasteiger partial charge in [0.2, 0.25) is 0 Å². The molecule has 0 radical (unpaired) electrons. The van der Waals surface area contributed by atoms with Gasteiger partial charge in [0.15, 0.2) is 0 Å². The lowest BCUT2D eigenvalue weighted by molar-refractivity contribution is 0.0162. The Morgan fingerprint density at radius 3 is 2.30 bits per heavy atom. The maximum Gasteiger partial charge on any atom is 0.0611 e. The third-order valence-corrected chi connectivity index (χ3v) is 4.22. The lowest BCUT2D eigenvalue weighted by Gasteiger charge is -2.58. The van der Waals surface area contributed by atoms with E-state index in [1.54, 1.807) is 0 Å². The molecule has 1 spiro atoms. The van der Waals surface area contributed by atoms with Crippen molar-refractivity contribution >= 4 is 11.8 Å². The van der Waals surface area contributed by atoms with Crippen molar-refractivity contribution in [2.45, 2.75) is 18.4 Å². The number of aliphatic hydroxyl groups excluding tert-OH is 1. The quantitative estimate of drug-likeness (QED) is 0.574. The molecule has 0 aromatic heterocycles. The van der Waals surface area contributed by atoms with E-state index in [0.29, 0.717) is 5.41 Å². The van der Waals surface area contributed by atoms with Gasteiger partial charge in [0.25, 0.3) is 0 Å². The van der Waals surface area contributed by atoms with Crippen molar-refractivity contribution in [2.75, 3.05) is 18.1 Å². The fourth-order valence-corrected chi connectivity index (χ4v) is 3.34. The lowest BCUT2D eigenvalue weighted by atomic mass is 9.59. The molecule has 3 N–H and O–H groups in total. The summed E-state index contributed by atoms with van der Waals surface area (Å²) in [7, 11) is 0. The Morgan fingerprint density at radius 2 is 2.00 bits per heavy atom. The Kier molecular flexibility index (Phi) is 1.32. The first kappa shape index (κ1) is 6.95. The first-order valence-electron chi connectivity index (χ1n) is 3.66. The molecule has 2 nitrogen and oxygen atoms in total. The Hall–Kier alpha value is 0.270. The minimum absolute atomic E-state index is 0.166. The van der Waals surface area contributed by atoms with Crippen LogP contribution in [-0.4, -0.2) is 28.8 Å². The van der Waals surface area contributed by atoms with Crippen LogP contribution in [0.25, 0.3) is 0 Å². The highest BCUT2D eigenvalue weighted by atomic mass is 32.2. The van der Waals surface area contributed by atoms with Crippen LogP contribution in [0.4, 0.5) is 0 Å². The zero-order chi connectivity index (χ0) is 7.24. The van der Waals surface area contributed by atoms with Crippen LogP contribution in [0.1, 0.15) is 12.8 Å². The maximum atomic E-state index is 8.87. The Bertz CT molecular complexity index is 140. The molecule has 1 saturated carbocycles. The van der Waals surface area contributed by atoms with Crippen LogP contribution in [0.2, 0.25) is 0 Å². The molecule has 1 aliphatic heterocycles. The predicted molar refractivity (Wildman–Crippen MR) is 43.0 cm³/mol. The van der Waals surface area contributed by atoms with Crippen LogP contribution in [0.3, 0.4) is 0 Å². The largest absolute Gasteiger partial charge is 0.394 e. The van der Waals surface area contributed by atoms with Gasteiger partial charge in [0.1, 0.15) is 0 Å². The van der Waals surface area contributed by atoms with E-state index in [1.165, 1.54) is 11.5 Å². The second-order valence-electron chi connectivity index (χ2n) is 3.87. The summed E-state index contributed by atoms with van der Waals surface area (Å²) in [6.45, 7) is 0.166. The highest BCUT2D eigenvalue weighted by Crippen LogP contribution is 2.56. The summed E-state index contributed by atoms with van der Waals surface area (Å²) in [5.41, 5.74) is 6.18. The molecular formula is C7H13NOS. The molecule has 0 aromatic rings. The standard InChI is InChI=1S/C7H13NOS/c8-7(3-9)1-6(2-7)4-10-5-6/h9H,1-5,8H2. The van der Waals surface area contributed by atoms with Gasteiger partial charge < -0.3 is 10.8 Å². The fourth-order valence-electron chi connectivity index (χ4n) is 2.15. The van der Waals surface area contributed by atoms with Crippen molar-refractivity contribution in [1.29, 1.82) is 0 Å². The summed E-state index contributed by atoms with van der Waals surface area (Å²) >= 11 is 1.99. The topological polar surface area (TPSA) is 46.2 Å². The third kappa shape index (κ3) is 0.807. The van der Waals surface area contributed by atoms with Crippen LogP contribution >= 0.6 is 11.8 Å². The van der Waals surface area contributed by atoms with Crippen LogP contribution in [0.5, 0.6) is 0 Å². The number of hydrogen-bond acceptors (Lipinski definition) is 3. The van der Waals surface area contributed by atoms with E-state index < -0.39 is 0 Å². The van der Waals surface area contributed by atoms with Crippen LogP contribution in [0.15, 0.2) is 0 Å². The highest BCUT2D eigenvalue weighted by Gasteiger charge is 2.55. The van der Waals surface area contributed by atoms with E-state index in [4.69, 9.17) is 10.8 Å². The summed E-state index contributed by atoms with van der Waals surface area (Å²) in [5, 5.41) is 8.87. The SMILES string of the molecule is NC1(CO)CC2(CSC2)C1. The summed E-state index contributed by atoms with van der Waals surface area (Å²) in [6, 6.07) is 0. The lowest BCUT2D eigenvalue weighted by Crippen LogP contribution is -2.64. The van der Waals surface area contributed by atoms with Gasteiger partial charge in [-0.2, -0.15) is 11.8 Å². The summed E-state index contributed by atoms with van der Waals surface area (Å²) < 4.78 is 0. The van der Waals surface area contributed by atoms with Gasteiger partial charge in [-0.05, 0) is 29.8 Å². The van der Waals surface area contributed by atoms with Crippen molar-refractivity contribution in [3.05, 3.63) is 0 Å². The summed E-state index contributed by atoms with van der Waals surface area (Å²) in [6.07, 6.45) is 2.09. The molecule has 2 aliphatic rings. The van der Waals surface area contributed by atoms with Crippen molar-refractivity contribution in [2.24, 2.45) is 11.1 Å². The first-order valence-corrected chi connectivity index (χ1v) is 4.81. The molecule has 10 heavy (non-hydrogen) atoms. The van der Waals surface area contributed by atoms with Crippen LogP contribution < -0.4 is 5.73 Å². The van der Waals surface area contributed by atoms with Crippen molar-refractivity contribution in [3.63, 3.8) is 0 Å². The molecule has 2 rings (SSSR count). The van der Waals surface area contributed by atoms with Gasteiger partial charge >= 0.3 is 0 Å². The molecule has 0 amide bonds. The molecule has 2 fully saturated rings. The van der Waals surface area contributed by atoms with Gasteiger partial charge in [-0.3, -0.25) is 0 Å². The minimum atomic E-state index is -0.207. The second-order valence-corrected chi connectivity index (χ2v) is 4.85. The number of aliphatic hydroxyl groups is 1. The number of rotatable bonds is 1. The van der Waals surface area contributed by atoms with Gasteiger partial charge in [-0.15, -0.1) is 0 Å². The minimum Gasteiger partial charge on any atom is -0.394 e. The highest BCUT2D eigenvalue weighted by molar-refractivity contribution is 8.00. The fraction of sp³-hybridized carbons (Fsp3) is 1.00. The second kappa shape index (κ2) is 1.90. The van der Waals surface area contributed by atoms with E-state index in [2.05, 4.69) is 0 Å². The molecule has 0 bridgehead atoms. The Morgan fingerprint density at radius 1 is 1.40 bits per heavy atom. The van der Waals surface area contributed by atoms with Crippen molar-refractivity contribution < 1.29 is 5.11 Å². The maximum absolute atomic E-state index is 8.87. The van der Waals surface area contributed by atoms with Crippen LogP contribution in [-0.2, 0) is 0 Å². The van der Waals surface area contributed by atoms with Crippen molar-refractivity contribution in [3.8, 4) is 0 Å². The molecule has 58 valence electrons. The van der Waals surface area contributed by atoms with E-state index in [1.807, 2.05) is 11.8 Å². The Balaban J connectivity index is 1.92. The molecule has 3 heteroatoms. The summed E-state index contributed by atoms with van der Waals surface area (Å²) in [5.74, 6) is 2.54. The molecule has 0 atom stereocenters. The smallest absolute Gasteiger partial charge is 0.0611 e. The zero-order valence-electron chi connectivity index (χ0n) is 5.97. The van der Waals surface area contributed by atoms with Gasteiger partial charge in [0.05, 0.1) is 6.61 Å². The number of thioether (sulfide) groups is 1. The van der Waals surface area contributed by atoms with Gasteiger partial charge in [0, 0.05) is 5.54 Å². The van der Waals surface area contributed by atoms with E-state index in [0.717, 1.165) is 12.8 Å². The van der Waals surface area contributed by atoms with Gasteiger partial charge in [-0.25, -0.2) is 0 Å². The van der Waals surface area contributed by atoms with E-state index >= 15 is 0 Å². The average Bonchev–Trinajstić information content (AvgIpc) is 1.77. The molecule has 1 saturated heterocycles. The molecule has 0 aromatic carbocycles. The normalized spacial score (nSPS) is 33.0. The zero-order valence-corrected chi connectivity index (χ0v) is 6.78. The molecule has 1 aliphatic carbocycles. The number of nitrogens with two attached hydrogens (primary N) is 1. The first-order chi connectivity index (χ1) is 4.68. The monoisotopic (exact) mass is 159 g/mol. The predicted octanol–water partition coefficient (Wildman–Crippen LogP) is 0.203. The Labute approximate surface area is 65.2 Å². The van der Waals surface area contributed by atoms with E-state index in [-0.39, 0.29) is 12.1 Å². The van der Waals surface area contributed by atoms with Gasteiger partial charge in [-0.1, -0.05) is 0 Å². The summed E-state index contributed by atoms with van der Waals surface area (Å²) in [4.78, 5) is 0. The van der Waals surface area contributed by atoms with Crippen LogP contribution in [0, 0.1) is 5.41 Å². The van der Waals surface area contributed by atoms with E-state index in [9.17, 15) is 0 Å². The van der Waals surface area contributed by atoms with Crippen molar-refractivity contribution in [1.82, 2.24) is 0 Å². The average molecular weight is 159 g/mol. The number of hydrogen-bond donors (Lipinski definition) is 2. The molecule has 0 unspecified atom stereocenters. The molecule has 1 heterocycles. The third-order valence-electron chi connectivity index (χ3n) is 2.59.